The maximum Gasteiger partial charge on any atom is 0.287 e. The molecule has 1 aromatic heterocycles. The zero-order valence-electron chi connectivity index (χ0n) is 14.5. The Labute approximate surface area is 156 Å². The minimum atomic E-state index is -0.228. The van der Waals surface area contributed by atoms with Gasteiger partial charge in [-0.2, -0.15) is 0 Å². The molecule has 134 valence electrons. The average Bonchev–Trinajstić information content (AvgIpc) is 3.14. The second-order valence-corrected chi connectivity index (χ2v) is 6.37. The van der Waals surface area contributed by atoms with Crippen LogP contribution in [0.15, 0.2) is 56.5 Å². The average molecular weight is 407 g/mol. The number of halogens is 1. The molecule has 0 aliphatic rings. The molecule has 1 amide bonds. The number of guanidine groups is 1. The molecular weight excluding hydrogens is 384 g/mol. The van der Waals surface area contributed by atoms with Gasteiger partial charge in [0.2, 0.25) is 0 Å². The predicted molar refractivity (Wildman–Crippen MR) is 103 cm³/mol. The number of benzene rings is 1. The fourth-order valence-corrected chi connectivity index (χ4v) is 2.50. The van der Waals surface area contributed by atoms with Crippen molar-refractivity contribution in [2.24, 2.45) is 4.99 Å². The summed E-state index contributed by atoms with van der Waals surface area (Å²) >= 11 is 3.44. The SMILES string of the molecule is CCNC(=NCCNC(=O)c1ccco1)N(C)Cc1ccc(Br)cc1. The Hall–Kier alpha value is -2.28. The highest BCUT2D eigenvalue weighted by Gasteiger charge is 2.08. The molecule has 0 unspecified atom stereocenters. The lowest BCUT2D eigenvalue weighted by molar-refractivity contribution is 0.0927. The van der Waals surface area contributed by atoms with E-state index in [0.717, 1.165) is 23.5 Å². The van der Waals surface area contributed by atoms with Crippen LogP contribution in [-0.2, 0) is 6.54 Å². The Kier molecular flexibility index (Phi) is 7.53. The van der Waals surface area contributed by atoms with Crippen LogP contribution in [0.3, 0.4) is 0 Å². The number of aliphatic imine (C=N–C) groups is 1. The topological polar surface area (TPSA) is 69.9 Å². The summed E-state index contributed by atoms with van der Waals surface area (Å²) in [6, 6.07) is 11.5. The summed E-state index contributed by atoms with van der Waals surface area (Å²) in [6.07, 6.45) is 1.48. The zero-order chi connectivity index (χ0) is 18.1. The number of carbonyl (C=O) groups excluding carboxylic acids is 1. The van der Waals surface area contributed by atoms with Crippen molar-refractivity contribution in [3.05, 3.63) is 58.5 Å². The van der Waals surface area contributed by atoms with Crippen molar-refractivity contribution in [2.75, 3.05) is 26.7 Å². The molecule has 0 fully saturated rings. The van der Waals surface area contributed by atoms with Crippen molar-refractivity contribution in [1.29, 1.82) is 0 Å². The molecule has 0 spiro atoms. The molecule has 7 heteroatoms. The van der Waals surface area contributed by atoms with Crippen molar-refractivity contribution >= 4 is 27.8 Å². The van der Waals surface area contributed by atoms with Gasteiger partial charge in [0.25, 0.3) is 5.91 Å². The van der Waals surface area contributed by atoms with Gasteiger partial charge in [0.05, 0.1) is 12.8 Å². The lowest BCUT2D eigenvalue weighted by Gasteiger charge is -2.22. The summed E-state index contributed by atoms with van der Waals surface area (Å²) in [5.74, 6) is 0.884. The molecule has 6 nitrogen and oxygen atoms in total. The second kappa shape index (κ2) is 9.88. The highest BCUT2D eigenvalue weighted by molar-refractivity contribution is 9.10. The van der Waals surface area contributed by atoms with Crippen LogP contribution < -0.4 is 10.6 Å². The largest absolute Gasteiger partial charge is 0.459 e. The van der Waals surface area contributed by atoms with E-state index in [-0.39, 0.29) is 5.91 Å². The van der Waals surface area contributed by atoms with Gasteiger partial charge in [0.15, 0.2) is 11.7 Å². The summed E-state index contributed by atoms with van der Waals surface area (Å²) in [6.45, 7) is 4.49. The van der Waals surface area contributed by atoms with Gasteiger partial charge in [0, 0.05) is 31.2 Å². The van der Waals surface area contributed by atoms with Crippen molar-refractivity contribution in [3.63, 3.8) is 0 Å². The summed E-state index contributed by atoms with van der Waals surface area (Å²) in [7, 11) is 1.99. The van der Waals surface area contributed by atoms with Crippen LogP contribution in [-0.4, -0.2) is 43.4 Å². The van der Waals surface area contributed by atoms with Gasteiger partial charge in [-0.05, 0) is 36.8 Å². The number of nitrogens with zero attached hydrogens (tertiary/aromatic N) is 2. The number of amides is 1. The minimum absolute atomic E-state index is 0.228. The highest BCUT2D eigenvalue weighted by atomic mass is 79.9. The van der Waals surface area contributed by atoms with E-state index in [9.17, 15) is 4.79 Å². The first-order chi connectivity index (χ1) is 12.1. The number of nitrogens with one attached hydrogen (secondary N) is 2. The predicted octanol–water partition coefficient (Wildman–Crippen LogP) is 2.87. The fourth-order valence-electron chi connectivity index (χ4n) is 2.23. The van der Waals surface area contributed by atoms with E-state index in [2.05, 4.69) is 48.6 Å². The number of hydrogen-bond donors (Lipinski definition) is 2. The first-order valence-electron chi connectivity index (χ1n) is 8.15. The molecule has 2 aromatic rings. The molecule has 0 saturated carbocycles. The number of rotatable bonds is 7. The van der Waals surface area contributed by atoms with Gasteiger partial charge in [0.1, 0.15) is 0 Å². The van der Waals surface area contributed by atoms with Gasteiger partial charge in [-0.1, -0.05) is 28.1 Å². The molecule has 25 heavy (non-hydrogen) atoms. The fraction of sp³-hybridized carbons (Fsp3) is 0.333. The highest BCUT2D eigenvalue weighted by Crippen LogP contribution is 2.11. The number of hydrogen-bond acceptors (Lipinski definition) is 3. The number of furan rings is 1. The van der Waals surface area contributed by atoms with Gasteiger partial charge in [-0.3, -0.25) is 9.79 Å². The molecule has 1 aromatic carbocycles. The molecule has 0 aliphatic heterocycles. The standard InChI is InChI=1S/C18H23BrN4O2/c1-3-20-18(23(2)13-14-6-8-15(19)9-7-14)22-11-10-21-17(24)16-5-4-12-25-16/h4-9,12H,3,10-11,13H2,1-2H3,(H,20,22)(H,21,24). The van der Waals surface area contributed by atoms with Crippen LogP contribution in [0.2, 0.25) is 0 Å². The third-order valence-electron chi connectivity index (χ3n) is 3.43. The van der Waals surface area contributed by atoms with E-state index in [1.54, 1.807) is 12.1 Å². The van der Waals surface area contributed by atoms with Crippen LogP contribution >= 0.6 is 15.9 Å². The maximum absolute atomic E-state index is 11.8. The van der Waals surface area contributed by atoms with Crippen LogP contribution in [0.1, 0.15) is 23.0 Å². The lowest BCUT2D eigenvalue weighted by Crippen LogP contribution is -2.39. The van der Waals surface area contributed by atoms with Gasteiger partial charge >= 0.3 is 0 Å². The smallest absolute Gasteiger partial charge is 0.287 e. The molecule has 0 aliphatic carbocycles. The van der Waals surface area contributed by atoms with Crippen molar-refractivity contribution in [3.8, 4) is 0 Å². The van der Waals surface area contributed by atoms with Crippen molar-refractivity contribution < 1.29 is 9.21 Å². The molecule has 1 heterocycles. The summed E-state index contributed by atoms with van der Waals surface area (Å²) < 4.78 is 6.12. The molecule has 0 atom stereocenters. The Morgan fingerprint density at radius 2 is 2.00 bits per heavy atom. The monoisotopic (exact) mass is 406 g/mol. The van der Waals surface area contributed by atoms with E-state index in [1.807, 2.05) is 26.1 Å². The van der Waals surface area contributed by atoms with Crippen LogP contribution in [0.25, 0.3) is 0 Å². The first-order valence-corrected chi connectivity index (χ1v) is 8.95. The van der Waals surface area contributed by atoms with Gasteiger partial charge in [-0.15, -0.1) is 0 Å². The van der Waals surface area contributed by atoms with E-state index < -0.39 is 0 Å². The molecule has 0 radical (unpaired) electrons. The molecular formula is C18H23BrN4O2. The summed E-state index contributed by atoms with van der Waals surface area (Å²) in [5.41, 5.74) is 1.20. The molecule has 0 bridgehead atoms. The van der Waals surface area contributed by atoms with Crippen LogP contribution in [0, 0.1) is 0 Å². The summed E-state index contributed by atoms with van der Waals surface area (Å²) in [4.78, 5) is 18.4. The normalized spacial score (nSPS) is 11.2. The van der Waals surface area contributed by atoms with Crippen LogP contribution in [0.4, 0.5) is 0 Å². The third kappa shape index (κ3) is 6.26. The third-order valence-corrected chi connectivity index (χ3v) is 3.96. The van der Waals surface area contributed by atoms with E-state index >= 15 is 0 Å². The van der Waals surface area contributed by atoms with E-state index in [1.165, 1.54) is 11.8 Å². The van der Waals surface area contributed by atoms with Crippen molar-refractivity contribution in [1.82, 2.24) is 15.5 Å². The Morgan fingerprint density at radius 1 is 1.24 bits per heavy atom. The maximum atomic E-state index is 11.8. The Morgan fingerprint density at radius 3 is 2.64 bits per heavy atom. The molecule has 2 rings (SSSR count). The Balaban J connectivity index is 1.86. The Bertz CT molecular complexity index is 684. The second-order valence-electron chi connectivity index (χ2n) is 5.45. The zero-order valence-corrected chi connectivity index (χ0v) is 16.0. The van der Waals surface area contributed by atoms with Crippen molar-refractivity contribution in [2.45, 2.75) is 13.5 Å². The quantitative estimate of drug-likeness (QED) is 0.421. The van der Waals surface area contributed by atoms with Crippen LogP contribution in [0.5, 0.6) is 0 Å². The number of carbonyl (C=O) groups is 1. The van der Waals surface area contributed by atoms with Gasteiger partial charge in [-0.25, -0.2) is 0 Å². The summed E-state index contributed by atoms with van der Waals surface area (Å²) in [5, 5.41) is 6.05. The minimum Gasteiger partial charge on any atom is -0.459 e. The van der Waals surface area contributed by atoms with Gasteiger partial charge < -0.3 is 20.0 Å². The molecule has 2 N–H and O–H groups in total. The molecule has 0 saturated heterocycles. The van der Waals surface area contributed by atoms with E-state index in [4.69, 9.17) is 4.42 Å². The first kappa shape index (κ1) is 19.1. The lowest BCUT2D eigenvalue weighted by atomic mass is 10.2. The van der Waals surface area contributed by atoms with E-state index in [0.29, 0.717) is 18.8 Å².